The Kier molecular flexibility index (Phi) is 4.84. The van der Waals surface area contributed by atoms with Crippen molar-refractivity contribution >= 4 is 34.2 Å². The van der Waals surface area contributed by atoms with Crippen LogP contribution in [0.5, 0.6) is 0 Å². The zero-order chi connectivity index (χ0) is 13.7. The molecule has 0 radical (unpaired) electrons. The van der Waals surface area contributed by atoms with Gasteiger partial charge in [0.05, 0.1) is 12.8 Å². The fourth-order valence-corrected chi connectivity index (χ4v) is 2.18. The van der Waals surface area contributed by atoms with Gasteiger partial charge < -0.3 is 15.1 Å². The van der Waals surface area contributed by atoms with Gasteiger partial charge in [-0.15, -0.1) is 0 Å². The Labute approximate surface area is 125 Å². The first-order valence-electron chi connectivity index (χ1n) is 5.97. The molecule has 1 aromatic heterocycles. The standard InChI is InChI=1S/C14H15IN2O2/c1-10(17-12-5-2-4-11(15)8-12)14(18)16-9-13-6-3-7-19-13/h2-8,10,17H,9H2,1H3,(H,16,18). The summed E-state index contributed by atoms with van der Waals surface area (Å²) < 4.78 is 6.29. The molecule has 0 fully saturated rings. The molecule has 0 aliphatic carbocycles. The molecule has 1 heterocycles. The van der Waals surface area contributed by atoms with E-state index >= 15 is 0 Å². The second-order valence-corrected chi connectivity index (χ2v) is 5.42. The van der Waals surface area contributed by atoms with Gasteiger partial charge in [0.15, 0.2) is 0 Å². The molecule has 0 bridgehead atoms. The number of rotatable bonds is 5. The maximum absolute atomic E-state index is 11.9. The van der Waals surface area contributed by atoms with E-state index in [9.17, 15) is 4.79 Å². The van der Waals surface area contributed by atoms with Gasteiger partial charge in [-0.1, -0.05) is 6.07 Å². The molecule has 1 unspecified atom stereocenters. The fourth-order valence-electron chi connectivity index (χ4n) is 1.63. The number of benzene rings is 1. The summed E-state index contributed by atoms with van der Waals surface area (Å²) in [4.78, 5) is 11.9. The van der Waals surface area contributed by atoms with Crippen molar-refractivity contribution in [2.75, 3.05) is 5.32 Å². The van der Waals surface area contributed by atoms with Crippen LogP contribution in [0.1, 0.15) is 12.7 Å². The van der Waals surface area contributed by atoms with Crippen LogP contribution in [0.3, 0.4) is 0 Å². The van der Waals surface area contributed by atoms with E-state index in [0.29, 0.717) is 6.54 Å². The maximum Gasteiger partial charge on any atom is 0.242 e. The highest BCUT2D eigenvalue weighted by Crippen LogP contribution is 2.13. The first kappa shape index (κ1) is 13.9. The molecule has 19 heavy (non-hydrogen) atoms. The fraction of sp³-hybridized carbons (Fsp3) is 0.214. The Morgan fingerprint density at radius 2 is 2.21 bits per heavy atom. The molecule has 100 valence electrons. The zero-order valence-electron chi connectivity index (χ0n) is 10.5. The van der Waals surface area contributed by atoms with Gasteiger partial charge in [0.1, 0.15) is 11.8 Å². The number of amides is 1. The van der Waals surface area contributed by atoms with E-state index in [1.807, 2.05) is 37.3 Å². The van der Waals surface area contributed by atoms with E-state index in [1.165, 1.54) is 0 Å². The predicted molar refractivity (Wildman–Crippen MR) is 82.8 cm³/mol. The quantitative estimate of drug-likeness (QED) is 0.796. The van der Waals surface area contributed by atoms with E-state index in [0.717, 1.165) is 15.0 Å². The topological polar surface area (TPSA) is 54.3 Å². The van der Waals surface area contributed by atoms with Crippen molar-refractivity contribution < 1.29 is 9.21 Å². The third-order valence-corrected chi connectivity index (χ3v) is 3.29. The number of hydrogen-bond donors (Lipinski definition) is 2. The molecular formula is C14H15IN2O2. The number of nitrogens with one attached hydrogen (secondary N) is 2. The van der Waals surface area contributed by atoms with Crippen molar-refractivity contribution in [3.05, 3.63) is 52.0 Å². The lowest BCUT2D eigenvalue weighted by molar-refractivity contribution is -0.121. The van der Waals surface area contributed by atoms with Crippen LogP contribution < -0.4 is 10.6 Å². The third-order valence-electron chi connectivity index (χ3n) is 2.62. The lowest BCUT2D eigenvalue weighted by Crippen LogP contribution is -2.37. The third kappa shape index (κ3) is 4.27. The van der Waals surface area contributed by atoms with Crippen molar-refractivity contribution in [2.24, 2.45) is 0 Å². The molecule has 2 rings (SSSR count). The Balaban J connectivity index is 1.85. The van der Waals surface area contributed by atoms with Crippen LogP contribution >= 0.6 is 22.6 Å². The van der Waals surface area contributed by atoms with Crippen molar-refractivity contribution in [1.29, 1.82) is 0 Å². The Morgan fingerprint density at radius 3 is 2.89 bits per heavy atom. The average molecular weight is 370 g/mol. The van der Waals surface area contributed by atoms with Crippen LogP contribution in [0.4, 0.5) is 5.69 Å². The van der Waals surface area contributed by atoms with E-state index in [4.69, 9.17) is 4.42 Å². The molecule has 2 N–H and O–H groups in total. The second kappa shape index (κ2) is 6.60. The highest BCUT2D eigenvalue weighted by atomic mass is 127. The molecule has 1 atom stereocenters. The summed E-state index contributed by atoms with van der Waals surface area (Å²) in [5.74, 6) is 0.685. The summed E-state index contributed by atoms with van der Waals surface area (Å²) >= 11 is 2.24. The van der Waals surface area contributed by atoms with Gasteiger partial charge in [-0.2, -0.15) is 0 Å². The molecule has 0 aliphatic heterocycles. The summed E-state index contributed by atoms with van der Waals surface area (Å²) in [6, 6.07) is 11.2. The molecule has 1 amide bonds. The van der Waals surface area contributed by atoms with Crippen molar-refractivity contribution in [2.45, 2.75) is 19.5 Å². The highest BCUT2D eigenvalue weighted by molar-refractivity contribution is 14.1. The minimum Gasteiger partial charge on any atom is -0.467 e. The number of carbonyl (C=O) groups is 1. The first-order valence-corrected chi connectivity index (χ1v) is 7.05. The monoisotopic (exact) mass is 370 g/mol. The Morgan fingerprint density at radius 1 is 1.37 bits per heavy atom. The van der Waals surface area contributed by atoms with Gasteiger partial charge in [0, 0.05) is 9.26 Å². The van der Waals surface area contributed by atoms with Gasteiger partial charge in [-0.3, -0.25) is 4.79 Å². The summed E-state index contributed by atoms with van der Waals surface area (Å²) in [7, 11) is 0. The molecule has 0 saturated heterocycles. The normalized spacial score (nSPS) is 11.9. The number of hydrogen-bond acceptors (Lipinski definition) is 3. The number of furan rings is 1. The minimum absolute atomic E-state index is 0.0599. The molecule has 1 aromatic carbocycles. The number of carbonyl (C=O) groups excluding carboxylic acids is 1. The van der Waals surface area contributed by atoms with Crippen LogP contribution in [-0.2, 0) is 11.3 Å². The molecule has 0 saturated carbocycles. The van der Waals surface area contributed by atoms with Crippen LogP contribution in [0.25, 0.3) is 0 Å². The van der Waals surface area contributed by atoms with Crippen LogP contribution in [0, 0.1) is 3.57 Å². The van der Waals surface area contributed by atoms with Gasteiger partial charge in [0.2, 0.25) is 5.91 Å². The van der Waals surface area contributed by atoms with E-state index in [1.54, 1.807) is 12.3 Å². The molecule has 2 aromatic rings. The van der Waals surface area contributed by atoms with Crippen molar-refractivity contribution in [3.63, 3.8) is 0 Å². The van der Waals surface area contributed by atoms with Crippen molar-refractivity contribution in [3.8, 4) is 0 Å². The zero-order valence-corrected chi connectivity index (χ0v) is 12.7. The maximum atomic E-state index is 11.9. The molecule has 0 spiro atoms. The van der Waals surface area contributed by atoms with Gasteiger partial charge >= 0.3 is 0 Å². The smallest absolute Gasteiger partial charge is 0.242 e. The van der Waals surface area contributed by atoms with E-state index in [-0.39, 0.29) is 11.9 Å². The summed E-state index contributed by atoms with van der Waals surface area (Å²) in [5, 5.41) is 5.99. The van der Waals surface area contributed by atoms with Crippen LogP contribution in [0.2, 0.25) is 0 Å². The van der Waals surface area contributed by atoms with Crippen molar-refractivity contribution in [1.82, 2.24) is 5.32 Å². The average Bonchev–Trinajstić information content (AvgIpc) is 2.89. The molecule has 4 nitrogen and oxygen atoms in total. The van der Waals surface area contributed by atoms with E-state index in [2.05, 4.69) is 33.2 Å². The number of halogens is 1. The van der Waals surface area contributed by atoms with Gasteiger partial charge in [-0.05, 0) is 59.8 Å². The largest absolute Gasteiger partial charge is 0.467 e. The van der Waals surface area contributed by atoms with Crippen LogP contribution in [-0.4, -0.2) is 11.9 Å². The molecular weight excluding hydrogens is 355 g/mol. The highest BCUT2D eigenvalue weighted by Gasteiger charge is 2.12. The van der Waals surface area contributed by atoms with Gasteiger partial charge in [-0.25, -0.2) is 0 Å². The summed E-state index contributed by atoms with van der Waals surface area (Å²) in [6.45, 7) is 2.24. The SMILES string of the molecule is CC(Nc1cccc(I)c1)C(=O)NCc1ccco1. The van der Waals surface area contributed by atoms with Crippen LogP contribution in [0.15, 0.2) is 47.1 Å². The lowest BCUT2D eigenvalue weighted by Gasteiger charge is -2.15. The first-order chi connectivity index (χ1) is 9.15. The Hall–Kier alpha value is -1.50. The molecule has 0 aliphatic rings. The number of anilines is 1. The predicted octanol–water partition coefficient (Wildman–Crippen LogP) is 3.00. The lowest BCUT2D eigenvalue weighted by atomic mass is 10.2. The Bertz CT molecular complexity index is 540. The minimum atomic E-state index is -0.298. The second-order valence-electron chi connectivity index (χ2n) is 4.17. The molecule has 5 heteroatoms. The van der Waals surface area contributed by atoms with Gasteiger partial charge in [0.25, 0.3) is 0 Å². The van der Waals surface area contributed by atoms with E-state index < -0.39 is 0 Å². The summed E-state index contributed by atoms with van der Waals surface area (Å²) in [6.07, 6.45) is 1.59. The summed E-state index contributed by atoms with van der Waals surface area (Å²) in [5.41, 5.74) is 0.938.